The SMILES string of the molecule is O=C(c1ccc(F)cc1Cl)N1CCN([C@@H]2CCC[C@@H]2O)CC1. The average molecular weight is 327 g/mol. The normalized spacial score (nSPS) is 26.4. The third-order valence-electron chi connectivity index (χ3n) is 4.68. The predicted molar refractivity (Wildman–Crippen MR) is 82.5 cm³/mol. The van der Waals surface area contributed by atoms with E-state index in [-0.39, 0.29) is 23.1 Å². The van der Waals surface area contributed by atoms with Gasteiger partial charge in [-0.25, -0.2) is 4.39 Å². The highest BCUT2D eigenvalue weighted by Gasteiger charge is 2.33. The van der Waals surface area contributed by atoms with Crippen molar-refractivity contribution < 1.29 is 14.3 Å². The fraction of sp³-hybridized carbons (Fsp3) is 0.562. The predicted octanol–water partition coefficient (Wildman–Crippen LogP) is 2.15. The van der Waals surface area contributed by atoms with Gasteiger partial charge in [0, 0.05) is 32.2 Å². The summed E-state index contributed by atoms with van der Waals surface area (Å²) in [5.41, 5.74) is 0.345. The molecule has 1 aliphatic heterocycles. The first-order valence-electron chi connectivity index (χ1n) is 7.72. The topological polar surface area (TPSA) is 43.8 Å². The van der Waals surface area contributed by atoms with Crippen LogP contribution in [0.5, 0.6) is 0 Å². The molecule has 3 rings (SSSR count). The maximum absolute atomic E-state index is 13.1. The number of aliphatic hydroxyl groups excluding tert-OH is 1. The number of piperazine rings is 1. The molecule has 0 bridgehead atoms. The molecule has 0 aromatic heterocycles. The third-order valence-corrected chi connectivity index (χ3v) is 4.99. The lowest BCUT2D eigenvalue weighted by Gasteiger charge is -2.39. The summed E-state index contributed by atoms with van der Waals surface area (Å²) in [5, 5.41) is 10.1. The Hall–Kier alpha value is -1.17. The first-order chi connectivity index (χ1) is 10.6. The van der Waals surface area contributed by atoms with Gasteiger partial charge >= 0.3 is 0 Å². The summed E-state index contributed by atoms with van der Waals surface area (Å²) in [6.45, 7) is 2.73. The molecule has 1 aliphatic carbocycles. The molecular weight excluding hydrogens is 307 g/mol. The molecule has 1 N–H and O–H groups in total. The summed E-state index contributed by atoms with van der Waals surface area (Å²) in [4.78, 5) is 16.5. The number of amides is 1. The second-order valence-corrected chi connectivity index (χ2v) is 6.43. The van der Waals surface area contributed by atoms with E-state index in [0.29, 0.717) is 18.7 Å². The molecule has 22 heavy (non-hydrogen) atoms. The van der Waals surface area contributed by atoms with Crippen LogP contribution in [0.15, 0.2) is 18.2 Å². The van der Waals surface area contributed by atoms with Crippen LogP contribution in [0.3, 0.4) is 0 Å². The molecule has 2 atom stereocenters. The number of hydrogen-bond donors (Lipinski definition) is 1. The molecule has 1 saturated carbocycles. The van der Waals surface area contributed by atoms with Crippen LogP contribution in [0.1, 0.15) is 29.6 Å². The number of rotatable bonds is 2. The molecule has 1 heterocycles. The van der Waals surface area contributed by atoms with E-state index in [4.69, 9.17) is 11.6 Å². The fourth-order valence-electron chi connectivity index (χ4n) is 3.44. The van der Waals surface area contributed by atoms with Crippen LogP contribution in [0, 0.1) is 5.82 Å². The molecule has 4 nitrogen and oxygen atoms in total. The Morgan fingerprint density at radius 3 is 2.55 bits per heavy atom. The number of benzene rings is 1. The maximum atomic E-state index is 13.1. The fourth-order valence-corrected chi connectivity index (χ4v) is 3.68. The summed E-state index contributed by atoms with van der Waals surface area (Å²) in [6.07, 6.45) is 2.72. The highest BCUT2D eigenvalue weighted by atomic mass is 35.5. The van der Waals surface area contributed by atoms with Gasteiger partial charge in [0.1, 0.15) is 5.82 Å². The van der Waals surface area contributed by atoms with Crippen LogP contribution in [0.4, 0.5) is 4.39 Å². The van der Waals surface area contributed by atoms with E-state index in [0.717, 1.165) is 32.4 Å². The molecular formula is C16H20ClFN2O2. The van der Waals surface area contributed by atoms with E-state index in [9.17, 15) is 14.3 Å². The Balaban J connectivity index is 1.62. The van der Waals surface area contributed by atoms with Crippen LogP contribution in [-0.4, -0.2) is 59.1 Å². The highest BCUT2D eigenvalue weighted by Crippen LogP contribution is 2.26. The van der Waals surface area contributed by atoms with Crippen molar-refractivity contribution >= 4 is 17.5 Å². The molecule has 6 heteroatoms. The third kappa shape index (κ3) is 3.12. The largest absolute Gasteiger partial charge is 0.391 e. The van der Waals surface area contributed by atoms with Gasteiger partial charge in [0.2, 0.25) is 0 Å². The minimum atomic E-state index is -0.443. The summed E-state index contributed by atoms with van der Waals surface area (Å²) in [6, 6.07) is 4.09. The van der Waals surface area contributed by atoms with Gasteiger partial charge in [-0.15, -0.1) is 0 Å². The quantitative estimate of drug-likeness (QED) is 0.905. The molecule has 1 amide bonds. The Bertz CT molecular complexity index is 561. The minimum Gasteiger partial charge on any atom is -0.391 e. The van der Waals surface area contributed by atoms with Gasteiger partial charge in [-0.1, -0.05) is 11.6 Å². The number of aliphatic hydroxyl groups is 1. The van der Waals surface area contributed by atoms with Crippen molar-refractivity contribution in [2.75, 3.05) is 26.2 Å². The van der Waals surface area contributed by atoms with Crippen molar-refractivity contribution in [3.8, 4) is 0 Å². The highest BCUT2D eigenvalue weighted by molar-refractivity contribution is 6.33. The van der Waals surface area contributed by atoms with Crippen LogP contribution in [0.2, 0.25) is 5.02 Å². The minimum absolute atomic E-state index is 0.152. The zero-order valence-corrected chi connectivity index (χ0v) is 13.1. The number of hydrogen-bond acceptors (Lipinski definition) is 3. The zero-order valence-electron chi connectivity index (χ0n) is 12.3. The van der Waals surface area contributed by atoms with Gasteiger partial charge in [0.15, 0.2) is 0 Å². The zero-order chi connectivity index (χ0) is 15.7. The van der Waals surface area contributed by atoms with E-state index in [2.05, 4.69) is 4.90 Å². The number of carbonyl (C=O) groups excluding carboxylic acids is 1. The number of nitrogens with zero attached hydrogens (tertiary/aromatic N) is 2. The summed E-state index contributed by atoms with van der Waals surface area (Å²) < 4.78 is 13.1. The van der Waals surface area contributed by atoms with E-state index in [1.54, 1.807) is 4.90 Å². The van der Waals surface area contributed by atoms with Gasteiger partial charge in [0.25, 0.3) is 5.91 Å². The first-order valence-corrected chi connectivity index (χ1v) is 8.10. The van der Waals surface area contributed by atoms with Crippen molar-refractivity contribution in [3.05, 3.63) is 34.6 Å². The van der Waals surface area contributed by atoms with E-state index < -0.39 is 5.82 Å². The van der Waals surface area contributed by atoms with Crippen molar-refractivity contribution in [3.63, 3.8) is 0 Å². The smallest absolute Gasteiger partial charge is 0.255 e. The molecule has 0 unspecified atom stereocenters. The van der Waals surface area contributed by atoms with Gasteiger partial charge in [-0.2, -0.15) is 0 Å². The summed E-state index contributed by atoms with van der Waals surface area (Å²) in [5.74, 6) is -0.599. The molecule has 0 radical (unpaired) electrons. The standard InChI is InChI=1S/C16H20ClFN2O2/c17-13-10-11(18)4-5-12(13)16(22)20-8-6-19(7-9-20)14-2-1-3-15(14)21/h4-5,10,14-15,21H,1-3,6-9H2/t14-,15+/m1/s1. The number of carbonyl (C=O) groups is 1. The van der Waals surface area contributed by atoms with Crippen LogP contribution in [0.25, 0.3) is 0 Å². The monoisotopic (exact) mass is 326 g/mol. The molecule has 2 fully saturated rings. The van der Waals surface area contributed by atoms with Crippen molar-refractivity contribution in [2.45, 2.75) is 31.4 Å². The van der Waals surface area contributed by atoms with E-state index in [1.807, 2.05) is 0 Å². The Morgan fingerprint density at radius 2 is 1.95 bits per heavy atom. The van der Waals surface area contributed by atoms with Crippen molar-refractivity contribution in [1.82, 2.24) is 9.80 Å². The van der Waals surface area contributed by atoms with Gasteiger partial charge < -0.3 is 10.0 Å². The van der Waals surface area contributed by atoms with Crippen molar-refractivity contribution in [1.29, 1.82) is 0 Å². The van der Waals surface area contributed by atoms with Gasteiger partial charge in [0.05, 0.1) is 16.7 Å². The summed E-state index contributed by atoms with van der Waals surface area (Å²) in [7, 11) is 0. The molecule has 1 aromatic rings. The van der Waals surface area contributed by atoms with Crippen molar-refractivity contribution in [2.24, 2.45) is 0 Å². The second kappa shape index (κ2) is 6.52. The first kappa shape index (κ1) is 15.7. The lowest BCUT2D eigenvalue weighted by atomic mass is 10.1. The molecule has 120 valence electrons. The summed E-state index contributed by atoms with van der Waals surface area (Å²) >= 11 is 5.96. The Labute approximate surface area is 134 Å². The molecule has 1 aromatic carbocycles. The Morgan fingerprint density at radius 1 is 1.23 bits per heavy atom. The second-order valence-electron chi connectivity index (χ2n) is 6.02. The Kier molecular flexibility index (Phi) is 4.66. The van der Waals surface area contributed by atoms with Gasteiger partial charge in [-0.05, 0) is 37.5 Å². The van der Waals surface area contributed by atoms with Crippen LogP contribution >= 0.6 is 11.6 Å². The van der Waals surface area contributed by atoms with E-state index in [1.165, 1.54) is 18.2 Å². The van der Waals surface area contributed by atoms with E-state index >= 15 is 0 Å². The lowest BCUT2D eigenvalue weighted by Crippen LogP contribution is -2.53. The number of halogens is 2. The molecule has 2 aliphatic rings. The molecule has 0 spiro atoms. The lowest BCUT2D eigenvalue weighted by molar-refractivity contribution is 0.0315. The van der Waals surface area contributed by atoms with Crippen LogP contribution in [-0.2, 0) is 0 Å². The van der Waals surface area contributed by atoms with Gasteiger partial charge in [-0.3, -0.25) is 9.69 Å². The van der Waals surface area contributed by atoms with Crippen LogP contribution < -0.4 is 0 Å². The molecule has 1 saturated heterocycles. The average Bonchev–Trinajstić information content (AvgIpc) is 2.93. The maximum Gasteiger partial charge on any atom is 0.255 e.